The van der Waals surface area contributed by atoms with Crippen LogP contribution in [0.15, 0.2) is 27.6 Å². The minimum Gasteiger partial charge on any atom is -0.380 e. The fraction of sp³-hybridized carbons (Fsp3) is 0.500. The average molecular weight is 334 g/mol. The normalized spacial score (nSPS) is 18.6. The van der Waals surface area contributed by atoms with Gasteiger partial charge in [-0.15, -0.1) is 0 Å². The standard InChI is InChI=1S/C12H16BrNO3S/c1-10-3-4-12(11(13)9-10)18(15,16)14-5-2-7-17-8-6-14/h3-4,9H,2,5-8H2,1H3. The van der Waals surface area contributed by atoms with Crippen LogP contribution in [-0.2, 0) is 14.8 Å². The van der Waals surface area contributed by atoms with Crippen molar-refractivity contribution in [2.24, 2.45) is 0 Å². The van der Waals surface area contributed by atoms with E-state index in [9.17, 15) is 8.42 Å². The van der Waals surface area contributed by atoms with Crippen LogP contribution in [0, 0.1) is 6.92 Å². The Labute approximate surface area is 116 Å². The molecule has 0 bridgehead atoms. The van der Waals surface area contributed by atoms with Crippen LogP contribution in [0.4, 0.5) is 0 Å². The minimum absolute atomic E-state index is 0.329. The summed E-state index contributed by atoms with van der Waals surface area (Å²) in [7, 11) is -3.43. The van der Waals surface area contributed by atoms with Crippen LogP contribution in [-0.4, -0.2) is 39.0 Å². The van der Waals surface area contributed by atoms with E-state index in [1.165, 1.54) is 4.31 Å². The third-order valence-corrected chi connectivity index (χ3v) is 5.76. The first kappa shape index (κ1) is 14.0. The third-order valence-electron chi connectivity index (χ3n) is 2.89. The van der Waals surface area contributed by atoms with Gasteiger partial charge in [0.25, 0.3) is 0 Å². The van der Waals surface area contributed by atoms with Crippen LogP contribution in [0.5, 0.6) is 0 Å². The molecule has 0 unspecified atom stereocenters. The van der Waals surface area contributed by atoms with Crippen LogP contribution in [0.1, 0.15) is 12.0 Å². The van der Waals surface area contributed by atoms with Gasteiger partial charge in [0, 0.05) is 24.2 Å². The molecule has 1 aliphatic rings. The Hall–Kier alpha value is -0.430. The van der Waals surface area contributed by atoms with Crippen LogP contribution >= 0.6 is 15.9 Å². The third kappa shape index (κ3) is 2.93. The van der Waals surface area contributed by atoms with E-state index in [0.717, 1.165) is 12.0 Å². The van der Waals surface area contributed by atoms with Crippen molar-refractivity contribution in [3.63, 3.8) is 0 Å². The Morgan fingerprint density at radius 3 is 2.78 bits per heavy atom. The number of ether oxygens (including phenoxy) is 1. The molecule has 0 spiro atoms. The summed E-state index contributed by atoms with van der Waals surface area (Å²) in [5.41, 5.74) is 1.03. The van der Waals surface area contributed by atoms with Gasteiger partial charge in [0.1, 0.15) is 0 Å². The van der Waals surface area contributed by atoms with Crippen molar-refractivity contribution in [3.8, 4) is 0 Å². The highest BCUT2D eigenvalue weighted by molar-refractivity contribution is 9.10. The number of halogens is 1. The van der Waals surface area contributed by atoms with Gasteiger partial charge >= 0.3 is 0 Å². The smallest absolute Gasteiger partial charge is 0.244 e. The number of hydrogen-bond acceptors (Lipinski definition) is 3. The zero-order chi connectivity index (χ0) is 13.2. The Balaban J connectivity index is 2.34. The average Bonchev–Trinajstić information content (AvgIpc) is 2.57. The van der Waals surface area contributed by atoms with Gasteiger partial charge in [-0.25, -0.2) is 8.42 Å². The maximum atomic E-state index is 12.5. The summed E-state index contributed by atoms with van der Waals surface area (Å²) in [5.74, 6) is 0. The van der Waals surface area contributed by atoms with Gasteiger partial charge in [0.05, 0.1) is 11.5 Å². The summed E-state index contributed by atoms with van der Waals surface area (Å²) in [6.07, 6.45) is 0.739. The van der Waals surface area contributed by atoms with Crippen molar-refractivity contribution in [2.75, 3.05) is 26.3 Å². The van der Waals surface area contributed by atoms with E-state index in [0.29, 0.717) is 35.7 Å². The molecule has 1 saturated heterocycles. The molecular weight excluding hydrogens is 318 g/mol. The fourth-order valence-corrected chi connectivity index (χ4v) is 4.53. The Morgan fingerprint density at radius 2 is 2.06 bits per heavy atom. The molecule has 0 amide bonds. The van der Waals surface area contributed by atoms with Crippen LogP contribution < -0.4 is 0 Å². The van der Waals surface area contributed by atoms with Crippen LogP contribution in [0.3, 0.4) is 0 Å². The number of benzene rings is 1. The van der Waals surface area contributed by atoms with Crippen molar-refractivity contribution < 1.29 is 13.2 Å². The Morgan fingerprint density at radius 1 is 1.28 bits per heavy atom. The predicted molar refractivity (Wildman–Crippen MR) is 73.1 cm³/mol. The summed E-state index contributed by atoms with van der Waals surface area (Å²) in [5, 5.41) is 0. The van der Waals surface area contributed by atoms with Crippen molar-refractivity contribution in [1.82, 2.24) is 4.31 Å². The number of aryl methyl sites for hydroxylation is 1. The minimum atomic E-state index is -3.43. The lowest BCUT2D eigenvalue weighted by molar-refractivity contribution is 0.148. The highest BCUT2D eigenvalue weighted by atomic mass is 79.9. The van der Waals surface area contributed by atoms with E-state index >= 15 is 0 Å². The number of rotatable bonds is 2. The lowest BCUT2D eigenvalue weighted by Gasteiger charge is -2.20. The first-order chi connectivity index (χ1) is 8.51. The molecule has 0 aliphatic carbocycles. The summed E-state index contributed by atoms with van der Waals surface area (Å²) in [6, 6.07) is 5.29. The maximum Gasteiger partial charge on any atom is 0.244 e. The molecule has 1 aromatic carbocycles. The van der Waals surface area contributed by atoms with Gasteiger partial charge in [-0.3, -0.25) is 0 Å². The molecule has 6 heteroatoms. The Bertz CT molecular complexity index is 522. The number of nitrogens with zero attached hydrogens (tertiary/aromatic N) is 1. The number of sulfonamides is 1. The van der Waals surface area contributed by atoms with E-state index in [-0.39, 0.29) is 0 Å². The largest absolute Gasteiger partial charge is 0.380 e. The quantitative estimate of drug-likeness (QED) is 0.833. The van der Waals surface area contributed by atoms with E-state index in [4.69, 9.17) is 4.74 Å². The van der Waals surface area contributed by atoms with E-state index in [1.807, 2.05) is 19.1 Å². The molecule has 0 atom stereocenters. The molecule has 1 aromatic rings. The van der Waals surface area contributed by atoms with E-state index in [2.05, 4.69) is 15.9 Å². The summed E-state index contributed by atoms with van der Waals surface area (Å²) in [4.78, 5) is 0.329. The van der Waals surface area contributed by atoms with Crippen LogP contribution in [0.25, 0.3) is 0 Å². The predicted octanol–water partition coefficient (Wildman–Crippen LogP) is 2.17. The summed E-state index contributed by atoms with van der Waals surface area (Å²) in [6.45, 7) is 3.95. The van der Waals surface area contributed by atoms with Crippen molar-refractivity contribution in [2.45, 2.75) is 18.2 Å². The molecule has 2 rings (SSSR count). The molecule has 0 N–H and O–H groups in total. The van der Waals surface area contributed by atoms with Crippen molar-refractivity contribution >= 4 is 26.0 Å². The van der Waals surface area contributed by atoms with Gasteiger partial charge in [0.2, 0.25) is 10.0 Å². The van der Waals surface area contributed by atoms with E-state index in [1.54, 1.807) is 6.07 Å². The SMILES string of the molecule is Cc1ccc(S(=O)(=O)N2CCCOCC2)c(Br)c1. The molecule has 4 nitrogen and oxygen atoms in total. The van der Waals surface area contributed by atoms with Gasteiger partial charge in [0.15, 0.2) is 0 Å². The molecule has 1 fully saturated rings. The summed E-state index contributed by atoms with van der Waals surface area (Å²) >= 11 is 3.33. The van der Waals surface area contributed by atoms with Crippen molar-refractivity contribution in [1.29, 1.82) is 0 Å². The highest BCUT2D eigenvalue weighted by Gasteiger charge is 2.27. The van der Waals surface area contributed by atoms with E-state index < -0.39 is 10.0 Å². The molecule has 100 valence electrons. The molecule has 1 heterocycles. The maximum absolute atomic E-state index is 12.5. The molecule has 0 aromatic heterocycles. The first-order valence-electron chi connectivity index (χ1n) is 5.86. The van der Waals surface area contributed by atoms with Gasteiger partial charge in [-0.2, -0.15) is 4.31 Å². The number of hydrogen-bond donors (Lipinski definition) is 0. The van der Waals surface area contributed by atoms with Crippen molar-refractivity contribution in [3.05, 3.63) is 28.2 Å². The second-order valence-electron chi connectivity index (χ2n) is 4.30. The fourth-order valence-electron chi connectivity index (χ4n) is 1.92. The summed E-state index contributed by atoms with van der Waals surface area (Å²) < 4.78 is 32.4. The lowest BCUT2D eigenvalue weighted by Crippen LogP contribution is -2.33. The highest BCUT2D eigenvalue weighted by Crippen LogP contribution is 2.26. The van der Waals surface area contributed by atoms with Gasteiger partial charge < -0.3 is 4.74 Å². The molecule has 0 radical (unpaired) electrons. The lowest BCUT2D eigenvalue weighted by atomic mass is 10.2. The second kappa shape index (κ2) is 5.69. The molecule has 0 saturated carbocycles. The molecule has 1 aliphatic heterocycles. The second-order valence-corrected chi connectivity index (χ2v) is 7.06. The van der Waals surface area contributed by atoms with Gasteiger partial charge in [-0.1, -0.05) is 6.07 Å². The zero-order valence-corrected chi connectivity index (χ0v) is 12.6. The Kier molecular flexibility index (Phi) is 4.42. The van der Waals surface area contributed by atoms with Gasteiger partial charge in [-0.05, 0) is 47.0 Å². The topological polar surface area (TPSA) is 46.6 Å². The monoisotopic (exact) mass is 333 g/mol. The first-order valence-corrected chi connectivity index (χ1v) is 8.09. The molecule has 18 heavy (non-hydrogen) atoms. The zero-order valence-electron chi connectivity index (χ0n) is 10.2. The molecular formula is C12H16BrNO3S. The van der Waals surface area contributed by atoms with Crippen LogP contribution in [0.2, 0.25) is 0 Å².